The second-order valence-corrected chi connectivity index (χ2v) is 5.34. The summed E-state index contributed by atoms with van der Waals surface area (Å²) in [5.74, 6) is 1.42. The third-order valence-electron chi connectivity index (χ3n) is 2.16. The molecule has 1 unspecified atom stereocenters. The summed E-state index contributed by atoms with van der Waals surface area (Å²) in [7, 11) is 0.859. The van der Waals surface area contributed by atoms with Gasteiger partial charge < -0.3 is 10.1 Å². The Hall–Kier alpha value is -0.580. The van der Waals surface area contributed by atoms with E-state index in [9.17, 15) is 4.21 Å². The maximum absolute atomic E-state index is 10.9. The van der Waals surface area contributed by atoms with Crippen LogP contribution in [0.5, 0.6) is 5.75 Å². The molecule has 0 fully saturated rings. The highest BCUT2D eigenvalue weighted by Crippen LogP contribution is 2.25. The van der Waals surface area contributed by atoms with Crippen LogP contribution in [0.3, 0.4) is 0 Å². The minimum Gasteiger partial charge on any atom is -0.496 e. The molecule has 0 radical (unpaired) electrons. The Morgan fingerprint density at radius 2 is 2.25 bits per heavy atom. The fourth-order valence-corrected chi connectivity index (χ4v) is 2.00. The molecule has 3 nitrogen and oxygen atoms in total. The van der Waals surface area contributed by atoms with E-state index in [-0.39, 0.29) is 0 Å². The van der Waals surface area contributed by atoms with E-state index in [4.69, 9.17) is 16.3 Å². The van der Waals surface area contributed by atoms with Crippen molar-refractivity contribution in [2.45, 2.75) is 6.54 Å². The van der Waals surface area contributed by atoms with E-state index in [1.807, 2.05) is 18.2 Å². The quantitative estimate of drug-likeness (QED) is 0.794. The van der Waals surface area contributed by atoms with Crippen LogP contribution in [0.25, 0.3) is 0 Å². The number of hydrogen-bond donors (Lipinski definition) is 1. The second-order valence-electron chi connectivity index (χ2n) is 3.37. The Bertz CT molecular complexity index is 371. The molecule has 90 valence electrons. The largest absolute Gasteiger partial charge is 0.496 e. The topological polar surface area (TPSA) is 38.3 Å². The zero-order chi connectivity index (χ0) is 12.0. The molecule has 1 aromatic carbocycles. The van der Waals surface area contributed by atoms with Crippen molar-refractivity contribution in [1.82, 2.24) is 5.32 Å². The highest BCUT2D eigenvalue weighted by molar-refractivity contribution is 7.84. The lowest BCUT2D eigenvalue weighted by Crippen LogP contribution is -2.20. The average Bonchev–Trinajstić information content (AvgIpc) is 2.25. The van der Waals surface area contributed by atoms with E-state index in [0.717, 1.165) is 11.3 Å². The molecule has 0 bridgehead atoms. The van der Waals surface area contributed by atoms with Crippen molar-refractivity contribution in [1.29, 1.82) is 0 Å². The highest BCUT2D eigenvalue weighted by atomic mass is 35.5. The zero-order valence-electron chi connectivity index (χ0n) is 9.46. The molecule has 0 aliphatic rings. The van der Waals surface area contributed by atoms with Gasteiger partial charge in [-0.3, -0.25) is 4.21 Å². The molecular weight excluding hydrogens is 246 g/mol. The SMILES string of the molecule is COc1cccc(Cl)c1CNCCS(C)=O. The summed E-state index contributed by atoms with van der Waals surface area (Å²) in [6.45, 7) is 1.33. The summed E-state index contributed by atoms with van der Waals surface area (Å²) in [4.78, 5) is 0. The van der Waals surface area contributed by atoms with Crippen LogP contribution in [0.1, 0.15) is 5.56 Å². The molecule has 1 atom stereocenters. The van der Waals surface area contributed by atoms with Crippen molar-refractivity contribution in [3.63, 3.8) is 0 Å². The third-order valence-corrected chi connectivity index (χ3v) is 3.30. The van der Waals surface area contributed by atoms with Gasteiger partial charge in [-0.1, -0.05) is 17.7 Å². The number of methoxy groups -OCH3 is 1. The molecular formula is C11H16ClNO2S. The van der Waals surface area contributed by atoms with Crippen LogP contribution in [0.2, 0.25) is 5.02 Å². The zero-order valence-corrected chi connectivity index (χ0v) is 11.0. The highest BCUT2D eigenvalue weighted by Gasteiger charge is 2.06. The van der Waals surface area contributed by atoms with Crippen LogP contribution in [0.15, 0.2) is 18.2 Å². The minimum absolute atomic E-state index is 0.625. The normalized spacial score (nSPS) is 12.4. The molecule has 1 N–H and O–H groups in total. The van der Waals surface area contributed by atoms with Crippen LogP contribution in [0.4, 0.5) is 0 Å². The molecule has 0 saturated carbocycles. The van der Waals surface area contributed by atoms with Crippen LogP contribution in [-0.2, 0) is 17.3 Å². The summed E-state index contributed by atoms with van der Waals surface area (Å²) in [5, 5.41) is 3.88. The summed E-state index contributed by atoms with van der Waals surface area (Å²) in [6.07, 6.45) is 1.69. The van der Waals surface area contributed by atoms with Gasteiger partial charge in [0.2, 0.25) is 0 Å². The molecule has 0 aromatic heterocycles. The van der Waals surface area contributed by atoms with Crippen molar-refractivity contribution in [2.75, 3.05) is 25.7 Å². The van der Waals surface area contributed by atoms with Crippen LogP contribution in [-0.4, -0.2) is 29.9 Å². The van der Waals surface area contributed by atoms with Gasteiger partial charge in [0.15, 0.2) is 0 Å². The molecule has 5 heteroatoms. The maximum Gasteiger partial charge on any atom is 0.124 e. The fraction of sp³-hybridized carbons (Fsp3) is 0.455. The van der Waals surface area contributed by atoms with Gasteiger partial charge in [-0.25, -0.2) is 0 Å². The van der Waals surface area contributed by atoms with Gasteiger partial charge >= 0.3 is 0 Å². The summed E-state index contributed by atoms with van der Waals surface area (Å²) >= 11 is 6.07. The van der Waals surface area contributed by atoms with Gasteiger partial charge in [0.1, 0.15) is 5.75 Å². The van der Waals surface area contributed by atoms with Crippen molar-refractivity contribution in [3.05, 3.63) is 28.8 Å². The summed E-state index contributed by atoms with van der Waals surface area (Å²) in [6, 6.07) is 5.56. The number of benzene rings is 1. The number of ether oxygens (including phenoxy) is 1. The van der Waals surface area contributed by atoms with Crippen LogP contribution >= 0.6 is 11.6 Å². The van der Waals surface area contributed by atoms with Gasteiger partial charge in [-0.15, -0.1) is 0 Å². The van der Waals surface area contributed by atoms with Gasteiger partial charge in [-0.05, 0) is 12.1 Å². The number of halogens is 1. The lowest BCUT2D eigenvalue weighted by Gasteiger charge is -2.10. The smallest absolute Gasteiger partial charge is 0.124 e. The lowest BCUT2D eigenvalue weighted by atomic mass is 10.2. The maximum atomic E-state index is 10.9. The first-order valence-electron chi connectivity index (χ1n) is 4.97. The Morgan fingerprint density at radius 1 is 1.50 bits per heavy atom. The first kappa shape index (κ1) is 13.5. The third kappa shape index (κ3) is 4.12. The molecule has 0 saturated heterocycles. The van der Waals surface area contributed by atoms with Gasteiger partial charge in [0.25, 0.3) is 0 Å². The number of rotatable bonds is 6. The molecule has 1 rings (SSSR count). The van der Waals surface area contributed by atoms with Crippen LogP contribution in [0, 0.1) is 0 Å². The van der Waals surface area contributed by atoms with Gasteiger partial charge in [0.05, 0.1) is 7.11 Å². The standard InChI is InChI=1S/C11H16ClNO2S/c1-15-11-5-3-4-10(12)9(11)8-13-6-7-16(2)14/h3-5,13H,6-8H2,1-2H3. The molecule has 0 spiro atoms. The van der Waals surface area contributed by atoms with Gasteiger partial charge in [-0.2, -0.15) is 0 Å². The van der Waals surface area contributed by atoms with Crippen LogP contribution < -0.4 is 10.1 Å². The number of hydrogen-bond acceptors (Lipinski definition) is 3. The summed E-state index contributed by atoms with van der Waals surface area (Å²) in [5.41, 5.74) is 0.938. The Balaban J connectivity index is 2.55. The molecule has 0 aliphatic heterocycles. The second kappa shape index (κ2) is 6.89. The molecule has 0 heterocycles. The van der Waals surface area contributed by atoms with Gasteiger partial charge in [0, 0.05) is 46.5 Å². The predicted octanol–water partition coefficient (Wildman–Crippen LogP) is 1.82. The van der Waals surface area contributed by atoms with Crippen molar-refractivity contribution < 1.29 is 8.95 Å². The van der Waals surface area contributed by atoms with Crippen molar-refractivity contribution in [3.8, 4) is 5.75 Å². The molecule has 0 amide bonds. The number of nitrogens with one attached hydrogen (secondary N) is 1. The Kier molecular flexibility index (Phi) is 5.80. The molecule has 16 heavy (non-hydrogen) atoms. The predicted molar refractivity (Wildman–Crippen MR) is 68.6 cm³/mol. The summed E-state index contributed by atoms with van der Waals surface area (Å²) < 4.78 is 16.1. The Morgan fingerprint density at radius 3 is 2.88 bits per heavy atom. The van der Waals surface area contributed by atoms with Crippen molar-refractivity contribution >= 4 is 22.4 Å². The van der Waals surface area contributed by atoms with E-state index < -0.39 is 10.8 Å². The first-order chi connectivity index (χ1) is 7.65. The fourth-order valence-electron chi connectivity index (χ4n) is 1.33. The van der Waals surface area contributed by atoms with E-state index in [0.29, 0.717) is 23.9 Å². The molecule has 0 aliphatic carbocycles. The molecule has 1 aromatic rings. The van der Waals surface area contributed by atoms with E-state index in [1.54, 1.807) is 13.4 Å². The van der Waals surface area contributed by atoms with E-state index in [1.165, 1.54) is 0 Å². The first-order valence-corrected chi connectivity index (χ1v) is 7.07. The average molecular weight is 262 g/mol. The monoisotopic (exact) mass is 261 g/mol. The Labute approximate surface area is 104 Å². The van der Waals surface area contributed by atoms with E-state index >= 15 is 0 Å². The van der Waals surface area contributed by atoms with E-state index in [2.05, 4.69) is 5.32 Å². The minimum atomic E-state index is -0.763. The lowest BCUT2D eigenvalue weighted by molar-refractivity contribution is 0.408. The van der Waals surface area contributed by atoms with Crippen molar-refractivity contribution in [2.24, 2.45) is 0 Å².